The summed E-state index contributed by atoms with van der Waals surface area (Å²) in [7, 11) is 0. The summed E-state index contributed by atoms with van der Waals surface area (Å²) in [4.78, 5) is 19.3. The van der Waals surface area contributed by atoms with Crippen molar-refractivity contribution in [1.82, 2.24) is 24.1 Å². The molecule has 1 unspecified atom stereocenters. The quantitative estimate of drug-likeness (QED) is 0.734. The van der Waals surface area contributed by atoms with E-state index in [9.17, 15) is 4.79 Å². The zero-order chi connectivity index (χ0) is 16.7. The van der Waals surface area contributed by atoms with Crippen molar-refractivity contribution in [1.29, 1.82) is 0 Å². The molecular formula is C17H18ClN5O. The molecule has 1 amide bonds. The average molecular weight is 344 g/mol. The van der Waals surface area contributed by atoms with Crippen molar-refractivity contribution >= 4 is 23.2 Å². The highest BCUT2D eigenvalue weighted by Gasteiger charge is 2.32. The number of aromatic nitrogens is 4. The van der Waals surface area contributed by atoms with Crippen molar-refractivity contribution < 1.29 is 4.79 Å². The molecule has 0 spiro atoms. The fraction of sp³-hybridized carbons (Fsp3) is 0.353. The lowest BCUT2D eigenvalue weighted by Crippen LogP contribution is -2.38. The molecule has 6 nitrogen and oxygen atoms in total. The number of carbonyl (C=O) groups is 1. The summed E-state index contributed by atoms with van der Waals surface area (Å²) >= 11 is 6.26. The van der Waals surface area contributed by atoms with Gasteiger partial charge in [0.05, 0.1) is 18.8 Å². The van der Waals surface area contributed by atoms with E-state index < -0.39 is 0 Å². The van der Waals surface area contributed by atoms with Crippen molar-refractivity contribution in [3.05, 3.63) is 53.2 Å². The number of likely N-dealkylation sites (tertiary alicyclic amines) is 1. The number of imidazole rings is 1. The second-order valence-electron chi connectivity index (χ2n) is 6.21. The van der Waals surface area contributed by atoms with E-state index >= 15 is 0 Å². The molecule has 3 aromatic heterocycles. The summed E-state index contributed by atoms with van der Waals surface area (Å²) in [6.45, 7) is 3.45. The van der Waals surface area contributed by atoms with Gasteiger partial charge in [-0.2, -0.15) is 5.10 Å². The van der Waals surface area contributed by atoms with Gasteiger partial charge in [0.25, 0.3) is 5.91 Å². The summed E-state index contributed by atoms with van der Waals surface area (Å²) in [5, 5.41) is 4.59. The Bertz CT molecular complexity index is 899. The van der Waals surface area contributed by atoms with E-state index in [-0.39, 0.29) is 17.1 Å². The predicted octanol–water partition coefficient (Wildman–Crippen LogP) is 2.80. The molecule has 3 aromatic rings. The maximum Gasteiger partial charge on any atom is 0.274 e. The zero-order valence-electron chi connectivity index (χ0n) is 13.4. The largest absolute Gasteiger partial charge is 0.332 e. The van der Waals surface area contributed by atoms with Crippen LogP contribution in [0.25, 0.3) is 5.65 Å². The number of nitrogens with zero attached hydrogens (tertiary/aromatic N) is 5. The van der Waals surface area contributed by atoms with E-state index in [0.29, 0.717) is 17.9 Å². The molecule has 0 bridgehead atoms. The molecule has 1 aliphatic rings. The molecule has 4 rings (SSSR count). The summed E-state index contributed by atoms with van der Waals surface area (Å²) in [5.74, 6) is -0.0647. The Balaban J connectivity index is 1.63. The van der Waals surface area contributed by atoms with Crippen LogP contribution >= 0.6 is 11.6 Å². The molecule has 0 radical (unpaired) electrons. The van der Waals surface area contributed by atoms with E-state index in [2.05, 4.69) is 10.1 Å². The Morgan fingerprint density at radius 2 is 2.29 bits per heavy atom. The minimum atomic E-state index is -0.0647. The van der Waals surface area contributed by atoms with Crippen LogP contribution in [0.3, 0.4) is 0 Å². The molecule has 1 fully saturated rings. The highest BCUT2D eigenvalue weighted by Crippen LogP contribution is 2.25. The fourth-order valence-corrected chi connectivity index (χ4v) is 3.63. The van der Waals surface area contributed by atoms with Gasteiger partial charge in [-0.1, -0.05) is 17.7 Å². The lowest BCUT2D eigenvalue weighted by atomic mass is 10.2. The molecule has 1 atom stereocenters. The van der Waals surface area contributed by atoms with E-state index in [0.717, 1.165) is 24.9 Å². The molecule has 1 aliphatic heterocycles. The Morgan fingerprint density at radius 3 is 3.08 bits per heavy atom. The maximum atomic E-state index is 13.1. The second-order valence-corrected chi connectivity index (χ2v) is 6.57. The Hall–Kier alpha value is -2.34. The van der Waals surface area contributed by atoms with Crippen LogP contribution in [-0.4, -0.2) is 42.6 Å². The minimum Gasteiger partial charge on any atom is -0.332 e. The number of halogens is 1. The average Bonchev–Trinajstić information content (AvgIpc) is 3.25. The van der Waals surface area contributed by atoms with Gasteiger partial charge in [-0.25, -0.2) is 4.98 Å². The second kappa shape index (κ2) is 5.94. The smallest absolute Gasteiger partial charge is 0.274 e. The highest BCUT2D eigenvalue weighted by molar-refractivity contribution is 6.32. The number of carbonyl (C=O) groups excluding carboxylic acids is 1. The minimum absolute atomic E-state index is 0.0647. The normalized spacial score (nSPS) is 17.8. The first-order valence-corrected chi connectivity index (χ1v) is 8.44. The molecule has 7 heteroatoms. The molecule has 24 heavy (non-hydrogen) atoms. The molecular weight excluding hydrogens is 326 g/mol. The van der Waals surface area contributed by atoms with Crippen LogP contribution in [-0.2, 0) is 6.54 Å². The third-order valence-electron chi connectivity index (χ3n) is 4.49. The third kappa shape index (κ3) is 2.57. The van der Waals surface area contributed by atoms with Crippen molar-refractivity contribution in [2.24, 2.45) is 0 Å². The van der Waals surface area contributed by atoms with Crippen LogP contribution in [0.2, 0.25) is 5.15 Å². The topological polar surface area (TPSA) is 55.4 Å². The van der Waals surface area contributed by atoms with Crippen LogP contribution in [0.15, 0.2) is 36.8 Å². The fourth-order valence-electron chi connectivity index (χ4n) is 3.37. The molecule has 1 saturated heterocycles. The first kappa shape index (κ1) is 15.2. The molecule has 0 saturated carbocycles. The van der Waals surface area contributed by atoms with Crippen LogP contribution in [0.5, 0.6) is 0 Å². The maximum absolute atomic E-state index is 13.1. The Kier molecular flexibility index (Phi) is 3.76. The summed E-state index contributed by atoms with van der Waals surface area (Å²) < 4.78 is 3.67. The molecule has 124 valence electrons. The van der Waals surface area contributed by atoms with Gasteiger partial charge in [-0.05, 0) is 37.5 Å². The van der Waals surface area contributed by atoms with E-state index in [1.165, 1.54) is 0 Å². The predicted molar refractivity (Wildman–Crippen MR) is 91.2 cm³/mol. The molecule has 4 heterocycles. The van der Waals surface area contributed by atoms with Crippen molar-refractivity contribution in [2.75, 3.05) is 6.54 Å². The van der Waals surface area contributed by atoms with Crippen LogP contribution < -0.4 is 0 Å². The van der Waals surface area contributed by atoms with Crippen molar-refractivity contribution in [3.63, 3.8) is 0 Å². The van der Waals surface area contributed by atoms with Crippen molar-refractivity contribution in [3.8, 4) is 0 Å². The number of fused-ring (bicyclic) bond motifs is 1. The summed E-state index contributed by atoms with van der Waals surface area (Å²) in [5.41, 5.74) is 2.25. The number of amides is 1. The lowest BCUT2D eigenvalue weighted by Gasteiger charge is -2.24. The molecule has 0 aliphatic carbocycles. The monoisotopic (exact) mass is 343 g/mol. The van der Waals surface area contributed by atoms with Gasteiger partial charge in [0.15, 0.2) is 10.8 Å². The first-order valence-electron chi connectivity index (χ1n) is 8.06. The standard InChI is InChI=1S/C17H18ClN5O/c1-12-9-19-21(10-12)11-13-5-4-8-22(13)17(24)15-16(18)20-14-6-2-3-7-23(14)15/h2-3,6-7,9-10,13H,4-5,8,11H2,1H3. The van der Waals surface area contributed by atoms with E-state index in [1.54, 1.807) is 4.40 Å². The number of hydrogen-bond donors (Lipinski definition) is 0. The number of rotatable bonds is 3. The van der Waals surface area contributed by atoms with Gasteiger partial charge in [-0.3, -0.25) is 13.9 Å². The van der Waals surface area contributed by atoms with Crippen LogP contribution in [0, 0.1) is 6.92 Å². The van der Waals surface area contributed by atoms with Crippen molar-refractivity contribution in [2.45, 2.75) is 32.4 Å². The van der Waals surface area contributed by atoms with Crippen LogP contribution in [0.4, 0.5) is 0 Å². The van der Waals surface area contributed by atoms with Gasteiger partial charge in [-0.15, -0.1) is 0 Å². The van der Waals surface area contributed by atoms with E-state index in [1.807, 2.05) is 53.3 Å². The summed E-state index contributed by atoms with van der Waals surface area (Å²) in [6.07, 6.45) is 7.62. The van der Waals surface area contributed by atoms with Crippen LogP contribution in [0.1, 0.15) is 28.9 Å². The number of hydrogen-bond acceptors (Lipinski definition) is 3. The Morgan fingerprint density at radius 1 is 1.42 bits per heavy atom. The van der Waals surface area contributed by atoms with Gasteiger partial charge in [0.1, 0.15) is 5.65 Å². The van der Waals surface area contributed by atoms with E-state index in [4.69, 9.17) is 11.6 Å². The Labute approximate surface area is 144 Å². The molecule has 0 N–H and O–H groups in total. The first-order chi connectivity index (χ1) is 11.6. The van der Waals surface area contributed by atoms with Gasteiger partial charge in [0, 0.05) is 18.9 Å². The number of pyridine rings is 1. The molecule has 0 aromatic carbocycles. The van der Waals surface area contributed by atoms with Gasteiger partial charge >= 0.3 is 0 Å². The SMILES string of the molecule is Cc1cnn(CC2CCCN2C(=O)c2c(Cl)nc3ccccn23)c1. The zero-order valence-corrected chi connectivity index (χ0v) is 14.1. The third-order valence-corrected chi connectivity index (χ3v) is 4.75. The van der Waals surface area contributed by atoms with Gasteiger partial charge < -0.3 is 4.90 Å². The van der Waals surface area contributed by atoms with Gasteiger partial charge in [0.2, 0.25) is 0 Å². The number of aryl methyl sites for hydroxylation is 1. The highest BCUT2D eigenvalue weighted by atomic mass is 35.5. The summed E-state index contributed by atoms with van der Waals surface area (Å²) in [6, 6.07) is 5.72. The lowest BCUT2D eigenvalue weighted by molar-refractivity contribution is 0.0715.